The molecule has 3 aromatic rings. The summed E-state index contributed by atoms with van der Waals surface area (Å²) in [5, 5.41) is 9.28. The van der Waals surface area contributed by atoms with Gasteiger partial charge >= 0.3 is 0 Å². The number of aliphatic hydroxyl groups is 1. The second kappa shape index (κ2) is 5.97. The normalized spacial score (nSPS) is 11.1. The molecule has 1 heterocycles. The Morgan fingerprint density at radius 1 is 1.00 bits per heavy atom. The van der Waals surface area contributed by atoms with Gasteiger partial charge in [0.15, 0.2) is 0 Å². The lowest BCUT2D eigenvalue weighted by molar-refractivity contribution is 0.276. The van der Waals surface area contributed by atoms with Crippen molar-refractivity contribution in [3.8, 4) is 0 Å². The summed E-state index contributed by atoms with van der Waals surface area (Å²) in [7, 11) is 0. The summed E-state index contributed by atoms with van der Waals surface area (Å²) in [6.07, 6.45) is 1.66. The first kappa shape index (κ1) is 13.6. The molecule has 0 amide bonds. The van der Waals surface area contributed by atoms with Crippen molar-refractivity contribution in [2.24, 2.45) is 0 Å². The van der Waals surface area contributed by atoms with Crippen LogP contribution in [0.3, 0.4) is 0 Å². The first-order valence-corrected chi connectivity index (χ1v) is 7.18. The fraction of sp³-hybridized carbons (Fsp3) is 0.235. The third kappa shape index (κ3) is 2.76. The van der Waals surface area contributed by atoms with Crippen LogP contribution in [0.2, 0.25) is 0 Å². The zero-order chi connectivity index (χ0) is 14.7. The van der Waals surface area contributed by atoms with Crippen molar-refractivity contribution in [2.45, 2.75) is 19.4 Å². The van der Waals surface area contributed by atoms with E-state index in [-0.39, 0.29) is 6.61 Å². The third-order valence-corrected chi connectivity index (χ3v) is 3.73. The van der Waals surface area contributed by atoms with Crippen molar-refractivity contribution >= 4 is 16.7 Å². The average molecular weight is 281 g/mol. The second-order valence-electron chi connectivity index (χ2n) is 5.09. The Balaban J connectivity index is 1.89. The van der Waals surface area contributed by atoms with Crippen molar-refractivity contribution in [2.75, 3.05) is 12.3 Å². The van der Waals surface area contributed by atoms with Crippen LogP contribution in [0, 0.1) is 0 Å². The highest BCUT2D eigenvalue weighted by Crippen LogP contribution is 2.19. The predicted molar refractivity (Wildman–Crippen MR) is 85.1 cm³/mol. The molecule has 4 heteroatoms. The van der Waals surface area contributed by atoms with Crippen molar-refractivity contribution in [1.29, 1.82) is 0 Å². The van der Waals surface area contributed by atoms with E-state index in [0.29, 0.717) is 6.54 Å². The molecule has 0 fully saturated rings. The van der Waals surface area contributed by atoms with Gasteiger partial charge in [0.25, 0.3) is 0 Å². The fourth-order valence-electron chi connectivity index (χ4n) is 2.67. The van der Waals surface area contributed by atoms with E-state index in [0.717, 1.165) is 41.0 Å². The van der Waals surface area contributed by atoms with Crippen LogP contribution >= 0.6 is 0 Å². The van der Waals surface area contributed by atoms with Gasteiger partial charge in [0.1, 0.15) is 5.82 Å². The number of rotatable bonds is 5. The maximum absolute atomic E-state index is 9.28. The summed E-state index contributed by atoms with van der Waals surface area (Å²) in [6.45, 7) is 0.681. The van der Waals surface area contributed by atoms with E-state index in [9.17, 15) is 5.11 Å². The number of nitrogens with two attached hydrogens (primary N) is 1. The van der Waals surface area contributed by atoms with E-state index in [4.69, 9.17) is 5.73 Å². The van der Waals surface area contributed by atoms with Gasteiger partial charge in [-0.25, -0.2) is 4.98 Å². The van der Waals surface area contributed by atoms with E-state index in [1.807, 2.05) is 48.5 Å². The number of hydrogen-bond donors (Lipinski definition) is 2. The Morgan fingerprint density at radius 3 is 2.57 bits per heavy atom. The highest BCUT2D eigenvalue weighted by molar-refractivity contribution is 5.75. The minimum absolute atomic E-state index is 0.112. The van der Waals surface area contributed by atoms with Crippen LogP contribution < -0.4 is 5.73 Å². The maximum atomic E-state index is 9.28. The van der Waals surface area contributed by atoms with Crippen LogP contribution in [-0.2, 0) is 19.4 Å². The number of anilines is 1. The molecule has 2 aromatic carbocycles. The van der Waals surface area contributed by atoms with Crippen LogP contribution in [0.4, 0.5) is 5.69 Å². The monoisotopic (exact) mass is 281 g/mol. The zero-order valence-corrected chi connectivity index (χ0v) is 11.9. The van der Waals surface area contributed by atoms with Crippen molar-refractivity contribution in [3.05, 3.63) is 59.9 Å². The summed E-state index contributed by atoms with van der Waals surface area (Å²) in [5.74, 6) is 0.994. The summed E-state index contributed by atoms with van der Waals surface area (Å²) >= 11 is 0. The van der Waals surface area contributed by atoms with Crippen LogP contribution in [-0.4, -0.2) is 21.3 Å². The molecular weight excluding hydrogens is 262 g/mol. The molecule has 0 saturated heterocycles. The molecule has 108 valence electrons. The maximum Gasteiger partial charge on any atom is 0.110 e. The van der Waals surface area contributed by atoms with Gasteiger partial charge in [-0.2, -0.15) is 0 Å². The zero-order valence-electron chi connectivity index (χ0n) is 11.9. The number of nitrogen functional groups attached to an aromatic ring is 1. The lowest BCUT2D eigenvalue weighted by atomic mass is 10.1. The number of aliphatic hydroxyl groups excluding tert-OH is 1. The van der Waals surface area contributed by atoms with Crippen molar-refractivity contribution in [1.82, 2.24) is 9.55 Å². The Morgan fingerprint density at radius 2 is 1.76 bits per heavy atom. The van der Waals surface area contributed by atoms with Crippen LogP contribution in [0.1, 0.15) is 11.4 Å². The van der Waals surface area contributed by atoms with E-state index < -0.39 is 0 Å². The molecule has 0 aliphatic rings. The summed E-state index contributed by atoms with van der Waals surface area (Å²) in [6, 6.07) is 15.9. The van der Waals surface area contributed by atoms with Gasteiger partial charge in [-0.1, -0.05) is 30.3 Å². The van der Waals surface area contributed by atoms with Gasteiger partial charge in [0, 0.05) is 18.7 Å². The minimum Gasteiger partial charge on any atom is -0.399 e. The topological polar surface area (TPSA) is 64.1 Å². The summed E-state index contributed by atoms with van der Waals surface area (Å²) in [4.78, 5) is 4.69. The minimum atomic E-state index is 0.112. The van der Waals surface area contributed by atoms with E-state index in [1.165, 1.54) is 0 Å². The van der Waals surface area contributed by atoms with Crippen molar-refractivity contribution in [3.63, 3.8) is 0 Å². The van der Waals surface area contributed by atoms with Crippen LogP contribution in [0.25, 0.3) is 11.0 Å². The molecule has 0 spiro atoms. The lowest BCUT2D eigenvalue weighted by Gasteiger charge is -2.08. The first-order valence-electron chi connectivity index (χ1n) is 7.18. The van der Waals surface area contributed by atoms with Gasteiger partial charge in [0.2, 0.25) is 0 Å². The van der Waals surface area contributed by atoms with Crippen LogP contribution in [0.15, 0.2) is 48.5 Å². The molecule has 21 heavy (non-hydrogen) atoms. The Kier molecular flexibility index (Phi) is 3.88. The standard InChI is InChI=1S/C17H19N3O/c18-14-6-2-1-5-13(14)9-10-17-19-15-7-3-4-8-16(15)20(17)11-12-21/h1-8,21H,9-12,18H2. The molecule has 1 aromatic heterocycles. The number of benzene rings is 2. The summed E-state index contributed by atoms with van der Waals surface area (Å²) in [5.41, 5.74) is 10.00. The Labute approximate surface area is 123 Å². The number of aromatic nitrogens is 2. The molecule has 3 rings (SSSR count). The van der Waals surface area contributed by atoms with E-state index in [2.05, 4.69) is 9.55 Å². The Bertz CT molecular complexity index is 749. The third-order valence-electron chi connectivity index (χ3n) is 3.73. The molecular formula is C17H19N3O. The SMILES string of the molecule is Nc1ccccc1CCc1nc2ccccc2n1CCO. The molecule has 0 atom stereocenters. The molecule has 0 bridgehead atoms. The number of para-hydroxylation sites is 3. The summed E-state index contributed by atoms with van der Waals surface area (Å²) < 4.78 is 2.09. The smallest absolute Gasteiger partial charge is 0.110 e. The second-order valence-corrected chi connectivity index (χ2v) is 5.09. The van der Waals surface area contributed by atoms with Gasteiger partial charge in [-0.15, -0.1) is 0 Å². The number of imidazole rings is 1. The number of aryl methyl sites for hydroxylation is 2. The quantitative estimate of drug-likeness (QED) is 0.706. The average Bonchev–Trinajstić information content (AvgIpc) is 2.85. The molecule has 0 unspecified atom stereocenters. The molecule has 0 aliphatic carbocycles. The van der Waals surface area contributed by atoms with E-state index in [1.54, 1.807) is 0 Å². The van der Waals surface area contributed by atoms with Gasteiger partial charge < -0.3 is 15.4 Å². The lowest BCUT2D eigenvalue weighted by Crippen LogP contribution is -2.08. The molecule has 0 radical (unpaired) electrons. The molecule has 3 N–H and O–H groups in total. The molecule has 4 nitrogen and oxygen atoms in total. The van der Waals surface area contributed by atoms with Crippen LogP contribution in [0.5, 0.6) is 0 Å². The number of hydrogen-bond acceptors (Lipinski definition) is 3. The first-order chi connectivity index (χ1) is 10.3. The van der Waals surface area contributed by atoms with Gasteiger partial charge in [-0.05, 0) is 30.2 Å². The Hall–Kier alpha value is -2.33. The van der Waals surface area contributed by atoms with E-state index >= 15 is 0 Å². The number of nitrogens with zero attached hydrogens (tertiary/aromatic N) is 2. The predicted octanol–water partition coefficient (Wildman–Crippen LogP) is 2.40. The largest absolute Gasteiger partial charge is 0.399 e. The highest BCUT2D eigenvalue weighted by atomic mass is 16.3. The molecule has 0 saturated carbocycles. The molecule has 0 aliphatic heterocycles. The number of fused-ring (bicyclic) bond motifs is 1. The highest BCUT2D eigenvalue weighted by Gasteiger charge is 2.10. The van der Waals surface area contributed by atoms with Gasteiger partial charge in [0.05, 0.1) is 17.6 Å². The van der Waals surface area contributed by atoms with Crippen molar-refractivity contribution < 1.29 is 5.11 Å². The van der Waals surface area contributed by atoms with Gasteiger partial charge in [-0.3, -0.25) is 0 Å². The fourth-order valence-corrected chi connectivity index (χ4v) is 2.67.